The number of hydrogen-bond acceptors (Lipinski definition) is 1. The lowest BCUT2D eigenvalue weighted by Crippen LogP contribution is -2.08. The first-order valence-corrected chi connectivity index (χ1v) is 5.20. The fourth-order valence-electron chi connectivity index (χ4n) is 1.77. The summed E-state index contributed by atoms with van der Waals surface area (Å²) in [5, 5.41) is 0.786. The van der Waals surface area contributed by atoms with Gasteiger partial charge in [0.2, 0.25) is 0 Å². The Hall–Kier alpha value is -1.65. The molecular weight excluding hydrogens is 231 g/mol. The highest BCUT2D eigenvalue weighted by molar-refractivity contribution is 5.84. The maximum Gasteiger partial charge on any atom is 0.389 e. The molecule has 0 radical (unpaired) electrons. The number of aromatic nitrogens is 1. The minimum atomic E-state index is -4.12. The van der Waals surface area contributed by atoms with Crippen LogP contribution >= 0.6 is 0 Å². The van der Waals surface area contributed by atoms with Gasteiger partial charge in [0, 0.05) is 23.5 Å². The van der Waals surface area contributed by atoms with E-state index in [0.717, 1.165) is 10.9 Å². The quantitative estimate of drug-likeness (QED) is 0.874. The van der Waals surface area contributed by atoms with Crippen LogP contribution in [0.1, 0.15) is 12.0 Å². The number of halogens is 3. The van der Waals surface area contributed by atoms with Crippen molar-refractivity contribution in [2.45, 2.75) is 19.0 Å². The molecule has 2 rings (SSSR count). The Balaban J connectivity index is 2.28. The van der Waals surface area contributed by atoms with Crippen LogP contribution in [-0.2, 0) is 6.42 Å². The molecule has 0 spiro atoms. The van der Waals surface area contributed by atoms with Crippen molar-refractivity contribution < 1.29 is 17.9 Å². The van der Waals surface area contributed by atoms with E-state index in [1.165, 1.54) is 7.11 Å². The van der Waals surface area contributed by atoms with Crippen LogP contribution in [0.25, 0.3) is 10.9 Å². The largest absolute Gasteiger partial charge is 0.497 e. The van der Waals surface area contributed by atoms with E-state index in [4.69, 9.17) is 4.74 Å². The van der Waals surface area contributed by atoms with Crippen LogP contribution in [0.2, 0.25) is 0 Å². The van der Waals surface area contributed by atoms with Gasteiger partial charge < -0.3 is 9.72 Å². The summed E-state index contributed by atoms with van der Waals surface area (Å²) in [4.78, 5) is 2.95. The standard InChI is InChI=1S/C12H12F3NO/c1-17-9-2-3-11-10(6-9)8(7-16-11)4-5-12(13,14)15/h2-3,6-7,16H,4-5H2,1H3. The first-order valence-electron chi connectivity index (χ1n) is 5.20. The zero-order valence-corrected chi connectivity index (χ0v) is 9.27. The molecule has 2 nitrogen and oxygen atoms in total. The van der Waals surface area contributed by atoms with Crippen LogP contribution in [0, 0.1) is 0 Å². The van der Waals surface area contributed by atoms with Gasteiger partial charge in [-0.2, -0.15) is 13.2 Å². The number of H-pyrrole nitrogens is 1. The Morgan fingerprint density at radius 3 is 2.71 bits per heavy atom. The molecule has 0 saturated heterocycles. The molecule has 0 aliphatic carbocycles. The number of rotatable bonds is 3. The molecule has 1 aromatic carbocycles. The minimum Gasteiger partial charge on any atom is -0.497 e. The van der Waals surface area contributed by atoms with Gasteiger partial charge >= 0.3 is 6.18 Å². The lowest BCUT2D eigenvalue weighted by Gasteiger charge is -2.05. The van der Waals surface area contributed by atoms with Gasteiger partial charge in [-0.05, 0) is 30.2 Å². The summed E-state index contributed by atoms with van der Waals surface area (Å²) in [6, 6.07) is 5.31. The molecule has 92 valence electrons. The molecule has 0 amide bonds. The second-order valence-corrected chi connectivity index (χ2v) is 3.84. The number of nitrogens with one attached hydrogen (secondary N) is 1. The SMILES string of the molecule is COc1ccc2[nH]cc(CCC(F)(F)F)c2c1. The fourth-order valence-corrected chi connectivity index (χ4v) is 1.77. The van der Waals surface area contributed by atoms with E-state index in [0.29, 0.717) is 11.3 Å². The molecule has 0 saturated carbocycles. The molecule has 2 aromatic rings. The molecule has 0 unspecified atom stereocenters. The summed E-state index contributed by atoms with van der Waals surface area (Å²) in [6.45, 7) is 0. The molecule has 0 atom stereocenters. The van der Waals surface area contributed by atoms with Crippen molar-refractivity contribution in [3.05, 3.63) is 30.0 Å². The second kappa shape index (κ2) is 4.31. The van der Waals surface area contributed by atoms with Crippen molar-refractivity contribution >= 4 is 10.9 Å². The van der Waals surface area contributed by atoms with E-state index >= 15 is 0 Å². The molecule has 0 aliphatic heterocycles. The fraction of sp³-hybridized carbons (Fsp3) is 0.333. The first-order chi connectivity index (χ1) is 7.99. The molecule has 0 aliphatic rings. The first kappa shape index (κ1) is 11.8. The van der Waals surface area contributed by atoms with Crippen molar-refractivity contribution in [1.82, 2.24) is 4.98 Å². The predicted molar refractivity (Wildman–Crippen MR) is 59.2 cm³/mol. The smallest absolute Gasteiger partial charge is 0.389 e. The van der Waals surface area contributed by atoms with Crippen LogP contribution in [0.5, 0.6) is 5.75 Å². The van der Waals surface area contributed by atoms with Gasteiger partial charge in [0.05, 0.1) is 7.11 Å². The van der Waals surface area contributed by atoms with Crippen LogP contribution in [0.3, 0.4) is 0 Å². The Morgan fingerprint density at radius 2 is 2.06 bits per heavy atom. The van der Waals surface area contributed by atoms with Crippen molar-refractivity contribution in [3.63, 3.8) is 0 Å². The topological polar surface area (TPSA) is 25.0 Å². The minimum absolute atomic E-state index is 0.0172. The number of ether oxygens (including phenoxy) is 1. The molecule has 17 heavy (non-hydrogen) atoms. The number of aryl methyl sites for hydroxylation is 1. The molecule has 1 heterocycles. The van der Waals surface area contributed by atoms with Gasteiger partial charge in [-0.25, -0.2) is 0 Å². The summed E-state index contributed by atoms with van der Waals surface area (Å²) >= 11 is 0. The Kier molecular flexibility index (Phi) is 3.00. The molecule has 5 heteroatoms. The summed E-state index contributed by atoms with van der Waals surface area (Å²) in [5.74, 6) is 0.644. The van der Waals surface area contributed by atoms with Crippen LogP contribution in [-0.4, -0.2) is 18.3 Å². The zero-order valence-electron chi connectivity index (χ0n) is 9.27. The van der Waals surface area contributed by atoms with Crippen molar-refractivity contribution in [2.24, 2.45) is 0 Å². The lowest BCUT2D eigenvalue weighted by atomic mass is 10.1. The highest BCUT2D eigenvalue weighted by Gasteiger charge is 2.26. The molecule has 1 N–H and O–H groups in total. The van der Waals surface area contributed by atoms with E-state index < -0.39 is 12.6 Å². The van der Waals surface area contributed by atoms with Crippen molar-refractivity contribution in [2.75, 3.05) is 7.11 Å². The Morgan fingerprint density at radius 1 is 1.29 bits per heavy atom. The molecule has 0 bridgehead atoms. The monoisotopic (exact) mass is 243 g/mol. The Labute approximate surface area is 96.4 Å². The molecular formula is C12H12F3NO. The third-order valence-electron chi connectivity index (χ3n) is 2.65. The van der Waals surface area contributed by atoms with E-state index in [2.05, 4.69) is 4.98 Å². The van der Waals surface area contributed by atoms with Crippen molar-refractivity contribution in [3.8, 4) is 5.75 Å². The second-order valence-electron chi connectivity index (χ2n) is 3.84. The predicted octanol–water partition coefficient (Wildman–Crippen LogP) is 3.67. The summed E-state index contributed by atoms with van der Waals surface area (Å²) < 4.78 is 41.5. The van der Waals surface area contributed by atoms with Gasteiger partial charge in [-0.15, -0.1) is 0 Å². The van der Waals surface area contributed by atoms with Crippen molar-refractivity contribution in [1.29, 1.82) is 0 Å². The van der Waals surface area contributed by atoms with Crippen LogP contribution < -0.4 is 4.74 Å². The number of fused-ring (bicyclic) bond motifs is 1. The summed E-state index contributed by atoms with van der Waals surface area (Å²) in [5.41, 5.74) is 1.49. The average molecular weight is 243 g/mol. The van der Waals surface area contributed by atoms with E-state index in [9.17, 15) is 13.2 Å². The van der Waals surface area contributed by atoms with E-state index in [1.807, 2.05) is 0 Å². The van der Waals surface area contributed by atoms with Gasteiger partial charge in [0.25, 0.3) is 0 Å². The zero-order chi connectivity index (χ0) is 12.5. The number of aromatic amines is 1. The van der Waals surface area contributed by atoms with Crippen LogP contribution in [0.4, 0.5) is 13.2 Å². The normalized spacial score (nSPS) is 12.0. The third kappa shape index (κ3) is 2.72. The van der Waals surface area contributed by atoms with Gasteiger partial charge in [-0.3, -0.25) is 0 Å². The van der Waals surface area contributed by atoms with Gasteiger partial charge in [0.15, 0.2) is 0 Å². The summed E-state index contributed by atoms with van der Waals surface area (Å²) in [7, 11) is 1.53. The third-order valence-corrected chi connectivity index (χ3v) is 2.65. The summed E-state index contributed by atoms with van der Waals surface area (Å²) in [6.07, 6.45) is -3.33. The van der Waals surface area contributed by atoms with Gasteiger partial charge in [0.1, 0.15) is 5.75 Å². The van der Waals surface area contributed by atoms with Crippen LogP contribution in [0.15, 0.2) is 24.4 Å². The maximum atomic E-state index is 12.2. The number of hydrogen-bond donors (Lipinski definition) is 1. The van der Waals surface area contributed by atoms with E-state index in [1.54, 1.807) is 24.4 Å². The number of benzene rings is 1. The number of alkyl halides is 3. The molecule has 1 aromatic heterocycles. The highest BCUT2D eigenvalue weighted by atomic mass is 19.4. The average Bonchev–Trinajstić information content (AvgIpc) is 2.67. The highest BCUT2D eigenvalue weighted by Crippen LogP contribution is 2.27. The van der Waals surface area contributed by atoms with E-state index in [-0.39, 0.29) is 6.42 Å². The number of methoxy groups -OCH3 is 1. The Bertz CT molecular complexity index is 516. The van der Waals surface area contributed by atoms with Gasteiger partial charge in [-0.1, -0.05) is 0 Å². The molecule has 0 fully saturated rings. The lowest BCUT2D eigenvalue weighted by molar-refractivity contribution is -0.133. The maximum absolute atomic E-state index is 12.2.